The number of nitrogens with zero attached hydrogens (tertiary/aromatic N) is 2. The fraction of sp³-hybridized carbons (Fsp3) is 0.304. The molecule has 0 aromatic heterocycles. The number of fused-ring (bicyclic) bond motifs is 1. The Kier molecular flexibility index (Phi) is 5.38. The minimum atomic E-state index is -1.20. The van der Waals surface area contributed by atoms with E-state index in [0.29, 0.717) is 11.4 Å². The number of aliphatic imine (C=N–C) groups is 1. The maximum Gasteiger partial charge on any atom is 0.339 e. The molecule has 0 bridgehead atoms. The van der Waals surface area contributed by atoms with E-state index in [1.54, 1.807) is 19.4 Å². The molecule has 0 spiro atoms. The van der Waals surface area contributed by atoms with Gasteiger partial charge in [0.05, 0.1) is 18.3 Å². The Labute approximate surface area is 170 Å². The van der Waals surface area contributed by atoms with E-state index >= 15 is 0 Å². The number of carboxylic acid groups (broad SMARTS) is 1. The van der Waals surface area contributed by atoms with Crippen molar-refractivity contribution in [3.63, 3.8) is 0 Å². The second-order valence-corrected chi connectivity index (χ2v) is 7.60. The summed E-state index contributed by atoms with van der Waals surface area (Å²) in [4.78, 5) is 17.9. The first-order valence-electron chi connectivity index (χ1n) is 9.47. The lowest BCUT2D eigenvalue weighted by Crippen LogP contribution is -2.44. The van der Waals surface area contributed by atoms with Gasteiger partial charge in [-0.25, -0.2) is 4.79 Å². The molecule has 29 heavy (non-hydrogen) atoms. The highest BCUT2D eigenvalue weighted by Crippen LogP contribution is 2.41. The van der Waals surface area contributed by atoms with E-state index < -0.39 is 5.97 Å². The van der Waals surface area contributed by atoms with E-state index in [0.717, 1.165) is 23.4 Å². The van der Waals surface area contributed by atoms with E-state index in [2.05, 4.69) is 43.7 Å². The average Bonchev–Trinajstić information content (AvgIpc) is 2.66. The highest BCUT2D eigenvalue weighted by atomic mass is 16.5. The summed E-state index contributed by atoms with van der Waals surface area (Å²) < 4.78 is 5.61. The number of phenols is 1. The van der Waals surface area contributed by atoms with Crippen molar-refractivity contribution in [2.75, 3.05) is 18.6 Å². The summed E-state index contributed by atoms with van der Waals surface area (Å²) in [6.07, 6.45) is 3.91. The number of aromatic hydroxyl groups is 1. The molecule has 0 amide bonds. The van der Waals surface area contributed by atoms with Crippen LogP contribution < -0.4 is 9.64 Å². The monoisotopic (exact) mass is 394 g/mol. The molecular weight excluding hydrogens is 368 g/mol. The van der Waals surface area contributed by atoms with E-state index in [9.17, 15) is 9.90 Å². The molecule has 152 valence electrons. The van der Waals surface area contributed by atoms with E-state index in [4.69, 9.17) is 9.84 Å². The predicted octanol–water partition coefficient (Wildman–Crippen LogP) is 4.87. The zero-order valence-electron chi connectivity index (χ0n) is 17.4. The van der Waals surface area contributed by atoms with Crippen LogP contribution in [-0.2, 0) is 0 Å². The van der Waals surface area contributed by atoms with E-state index in [1.807, 2.05) is 12.1 Å². The molecule has 2 aromatic carbocycles. The largest absolute Gasteiger partial charge is 0.507 e. The number of benzene rings is 2. The summed E-state index contributed by atoms with van der Waals surface area (Å²) >= 11 is 0. The van der Waals surface area contributed by atoms with Gasteiger partial charge in [-0.05, 0) is 57.5 Å². The summed E-state index contributed by atoms with van der Waals surface area (Å²) in [7, 11) is 1.62. The maximum absolute atomic E-state index is 11.2. The first kappa shape index (κ1) is 20.5. The molecule has 0 atom stereocenters. The highest BCUT2D eigenvalue weighted by Gasteiger charge is 2.31. The first-order chi connectivity index (χ1) is 13.7. The standard InChI is InChI=1S/C23H26N2O4/c1-6-25-19-11-21(29-5)15(9-17(19)14(2)12-23(25,3)4)13-24-16-7-8-20(26)18(10-16)22(27)28/h7-13,26H,6H2,1-5H3,(H,27,28). The third-order valence-electron chi connectivity index (χ3n) is 5.21. The van der Waals surface area contributed by atoms with Gasteiger partial charge in [-0.1, -0.05) is 6.08 Å². The molecule has 0 saturated carbocycles. The zero-order valence-corrected chi connectivity index (χ0v) is 17.4. The fourth-order valence-electron chi connectivity index (χ4n) is 3.90. The van der Waals surface area contributed by atoms with Gasteiger partial charge >= 0.3 is 5.97 Å². The van der Waals surface area contributed by atoms with E-state index in [1.165, 1.54) is 17.7 Å². The molecule has 2 N–H and O–H groups in total. The van der Waals surface area contributed by atoms with Crippen LogP contribution in [0.2, 0.25) is 0 Å². The molecule has 3 rings (SSSR count). The Bertz CT molecular complexity index is 1020. The molecule has 1 aliphatic heterocycles. The number of hydrogen-bond acceptors (Lipinski definition) is 5. The van der Waals surface area contributed by atoms with Crippen LogP contribution >= 0.6 is 0 Å². The number of rotatable bonds is 5. The molecule has 6 nitrogen and oxygen atoms in total. The minimum Gasteiger partial charge on any atom is -0.507 e. The number of anilines is 1. The van der Waals surface area contributed by atoms with Crippen LogP contribution in [0, 0.1) is 0 Å². The van der Waals surface area contributed by atoms with Gasteiger partial charge in [0, 0.05) is 35.6 Å². The smallest absolute Gasteiger partial charge is 0.339 e. The molecule has 0 fully saturated rings. The number of hydrogen-bond donors (Lipinski definition) is 2. The normalized spacial score (nSPS) is 15.2. The van der Waals surface area contributed by atoms with Crippen molar-refractivity contribution < 1.29 is 19.7 Å². The van der Waals surface area contributed by atoms with Gasteiger partial charge in [-0.15, -0.1) is 0 Å². The van der Waals surface area contributed by atoms with Gasteiger partial charge in [-0.3, -0.25) is 4.99 Å². The highest BCUT2D eigenvalue weighted by molar-refractivity contribution is 5.94. The SMILES string of the molecule is CCN1c2cc(OC)c(C=Nc3ccc(O)c(C(=O)O)c3)cc2C(C)=CC1(C)C. The van der Waals surface area contributed by atoms with E-state index in [-0.39, 0.29) is 16.9 Å². The lowest BCUT2D eigenvalue weighted by molar-refractivity contribution is 0.0693. The summed E-state index contributed by atoms with van der Waals surface area (Å²) in [5, 5.41) is 18.8. The molecule has 0 radical (unpaired) electrons. The van der Waals surface area contributed by atoms with Crippen molar-refractivity contribution in [3.05, 3.63) is 53.1 Å². The van der Waals surface area contributed by atoms with Crippen LogP contribution in [0.4, 0.5) is 11.4 Å². The Morgan fingerprint density at radius 3 is 2.62 bits per heavy atom. The van der Waals surface area contributed by atoms with Crippen molar-refractivity contribution in [3.8, 4) is 11.5 Å². The van der Waals surface area contributed by atoms with Gasteiger partial charge in [0.15, 0.2) is 0 Å². The summed E-state index contributed by atoms with van der Waals surface area (Å²) in [5.74, 6) is -0.798. The number of carboxylic acids is 1. The van der Waals surface area contributed by atoms with Crippen molar-refractivity contribution in [2.24, 2.45) is 4.99 Å². The van der Waals surface area contributed by atoms with Crippen LogP contribution in [0.15, 0.2) is 41.4 Å². The average molecular weight is 394 g/mol. The Balaban J connectivity index is 2.06. The molecule has 0 unspecified atom stereocenters. The van der Waals surface area contributed by atoms with Crippen molar-refractivity contribution in [1.82, 2.24) is 0 Å². The summed E-state index contributed by atoms with van der Waals surface area (Å²) in [5.41, 5.74) is 4.37. The van der Waals surface area contributed by atoms with Gasteiger partial charge < -0.3 is 19.8 Å². The number of carbonyl (C=O) groups is 1. The second kappa shape index (κ2) is 7.62. The minimum absolute atomic E-state index is 0.0915. The molecule has 0 aliphatic carbocycles. The fourth-order valence-corrected chi connectivity index (χ4v) is 3.90. The second-order valence-electron chi connectivity index (χ2n) is 7.60. The van der Waals surface area contributed by atoms with Crippen LogP contribution in [-0.4, -0.2) is 41.6 Å². The third-order valence-corrected chi connectivity index (χ3v) is 5.21. The Hall–Kier alpha value is -3.28. The maximum atomic E-state index is 11.2. The summed E-state index contributed by atoms with van der Waals surface area (Å²) in [6, 6.07) is 8.30. The Morgan fingerprint density at radius 2 is 2.00 bits per heavy atom. The number of aromatic carboxylic acids is 1. The first-order valence-corrected chi connectivity index (χ1v) is 9.47. The van der Waals surface area contributed by atoms with Crippen LogP contribution in [0.1, 0.15) is 49.2 Å². The number of allylic oxidation sites excluding steroid dienone is 1. The predicted molar refractivity (Wildman–Crippen MR) is 116 cm³/mol. The lowest BCUT2D eigenvalue weighted by atomic mass is 9.88. The van der Waals surface area contributed by atoms with Gasteiger partial charge in [0.25, 0.3) is 0 Å². The topological polar surface area (TPSA) is 82.4 Å². The molecule has 0 saturated heterocycles. The third kappa shape index (κ3) is 3.83. The molecule has 1 heterocycles. The quantitative estimate of drug-likeness (QED) is 0.707. The van der Waals surface area contributed by atoms with Gasteiger partial charge in [0.2, 0.25) is 0 Å². The van der Waals surface area contributed by atoms with Crippen molar-refractivity contribution in [2.45, 2.75) is 33.2 Å². The molecule has 1 aliphatic rings. The van der Waals surface area contributed by atoms with Crippen molar-refractivity contribution >= 4 is 29.1 Å². The van der Waals surface area contributed by atoms with Crippen LogP contribution in [0.3, 0.4) is 0 Å². The van der Waals surface area contributed by atoms with Crippen molar-refractivity contribution in [1.29, 1.82) is 0 Å². The number of ether oxygens (including phenoxy) is 1. The Morgan fingerprint density at radius 1 is 1.28 bits per heavy atom. The van der Waals surface area contributed by atoms with Crippen LogP contribution in [0.25, 0.3) is 5.57 Å². The van der Waals surface area contributed by atoms with Crippen LogP contribution in [0.5, 0.6) is 11.5 Å². The van der Waals surface area contributed by atoms with Gasteiger partial charge in [0.1, 0.15) is 17.1 Å². The molecule has 6 heteroatoms. The zero-order chi connectivity index (χ0) is 21.3. The molecule has 2 aromatic rings. The molecular formula is C23H26N2O4. The van der Waals surface area contributed by atoms with Gasteiger partial charge in [-0.2, -0.15) is 0 Å². The lowest BCUT2D eigenvalue weighted by Gasteiger charge is -2.43. The number of methoxy groups -OCH3 is 1. The number of likely N-dealkylation sites (N-methyl/N-ethyl adjacent to an activating group) is 1. The summed E-state index contributed by atoms with van der Waals surface area (Å²) in [6.45, 7) is 9.48.